The van der Waals surface area contributed by atoms with Crippen LogP contribution in [0.5, 0.6) is 0 Å². The van der Waals surface area contributed by atoms with E-state index in [1.54, 1.807) is 0 Å². The van der Waals surface area contributed by atoms with Gasteiger partial charge in [-0.3, -0.25) is 0 Å². The third kappa shape index (κ3) is 4.14. The molecular formula is C9H14O. The summed E-state index contributed by atoms with van der Waals surface area (Å²) in [5.41, 5.74) is -0.449. The highest BCUT2D eigenvalue weighted by Gasteiger charge is 2.10. The van der Waals surface area contributed by atoms with Crippen molar-refractivity contribution in [3.05, 3.63) is 0 Å². The van der Waals surface area contributed by atoms with E-state index in [1.807, 2.05) is 13.8 Å². The molecule has 0 aromatic heterocycles. The van der Waals surface area contributed by atoms with E-state index in [4.69, 9.17) is 0 Å². The van der Waals surface area contributed by atoms with Crippen molar-refractivity contribution in [3.8, 4) is 11.8 Å². The number of carbonyl (C=O) groups is 1. The van der Waals surface area contributed by atoms with Gasteiger partial charge in [0.2, 0.25) is 0 Å². The summed E-state index contributed by atoms with van der Waals surface area (Å²) in [5.74, 6) is 5.84. The highest BCUT2D eigenvalue weighted by Crippen LogP contribution is 2.07. The molecule has 0 aliphatic rings. The van der Waals surface area contributed by atoms with Gasteiger partial charge in [0.25, 0.3) is 0 Å². The fourth-order valence-corrected chi connectivity index (χ4v) is 0.445. The summed E-state index contributed by atoms with van der Waals surface area (Å²) in [6, 6.07) is 0. The molecule has 56 valence electrons. The van der Waals surface area contributed by atoms with Gasteiger partial charge in [-0.05, 0) is 20.3 Å². The van der Waals surface area contributed by atoms with Crippen LogP contribution in [0.15, 0.2) is 0 Å². The summed E-state index contributed by atoms with van der Waals surface area (Å²) in [4.78, 5) is 10.3. The maximum absolute atomic E-state index is 10.3. The van der Waals surface area contributed by atoms with E-state index in [0.29, 0.717) is 0 Å². The van der Waals surface area contributed by atoms with Crippen molar-refractivity contribution < 1.29 is 4.79 Å². The SMILES string of the molecule is CCCC#CC(C)(C)C=O. The molecule has 0 heterocycles. The highest BCUT2D eigenvalue weighted by molar-refractivity contribution is 5.63. The molecule has 0 aliphatic heterocycles. The first kappa shape index (κ1) is 9.23. The van der Waals surface area contributed by atoms with Crippen LogP contribution < -0.4 is 0 Å². The summed E-state index contributed by atoms with van der Waals surface area (Å²) in [6.07, 6.45) is 2.83. The summed E-state index contributed by atoms with van der Waals surface area (Å²) < 4.78 is 0. The van der Waals surface area contributed by atoms with Gasteiger partial charge in [0.05, 0.1) is 5.41 Å². The first-order valence-electron chi connectivity index (χ1n) is 3.59. The van der Waals surface area contributed by atoms with Crippen molar-refractivity contribution in [3.63, 3.8) is 0 Å². The van der Waals surface area contributed by atoms with Gasteiger partial charge < -0.3 is 4.79 Å². The van der Waals surface area contributed by atoms with Crippen LogP contribution in [0.2, 0.25) is 0 Å². The number of hydrogen-bond donors (Lipinski definition) is 0. The predicted molar refractivity (Wildman–Crippen MR) is 42.5 cm³/mol. The lowest BCUT2D eigenvalue weighted by Crippen LogP contribution is -2.08. The molecule has 0 bridgehead atoms. The molecule has 1 nitrogen and oxygen atoms in total. The molecule has 0 rings (SSSR count). The molecule has 1 heteroatoms. The van der Waals surface area contributed by atoms with Crippen molar-refractivity contribution in [1.29, 1.82) is 0 Å². The summed E-state index contributed by atoms with van der Waals surface area (Å²) >= 11 is 0. The molecule has 0 spiro atoms. The topological polar surface area (TPSA) is 17.1 Å². The molecule has 0 saturated heterocycles. The minimum Gasteiger partial charge on any atom is -0.302 e. The number of rotatable bonds is 2. The van der Waals surface area contributed by atoms with Crippen LogP contribution >= 0.6 is 0 Å². The van der Waals surface area contributed by atoms with E-state index in [-0.39, 0.29) is 0 Å². The van der Waals surface area contributed by atoms with E-state index in [9.17, 15) is 4.79 Å². The van der Waals surface area contributed by atoms with Crippen LogP contribution in [-0.2, 0) is 4.79 Å². The predicted octanol–water partition coefficient (Wildman–Crippen LogP) is 2.01. The molecule has 0 amide bonds. The molecule has 0 atom stereocenters. The minimum absolute atomic E-state index is 0.449. The Bertz CT molecular complexity index is 157. The van der Waals surface area contributed by atoms with Crippen LogP contribution in [0.25, 0.3) is 0 Å². The van der Waals surface area contributed by atoms with Crippen molar-refractivity contribution in [1.82, 2.24) is 0 Å². The summed E-state index contributed by atoms with van der Waals surface area (Å²) in [5, 5.41) is 0. The zero-order chi connectivity index (χ0) is 8.04. The smallest absolute Gasteiger partial charge is 0.137 e. The lowest BCUT2D eigenvalue weighted by Gasteiger charge is -2.04. The van der Waals surface area contributed by atoms with E-state index < -0.39 is 5.41 Å². The van der Waals surface area contributed by atoms with Gasteiger partial charge in [-0.15, -0.1) is 5.92 Å². The molecule has 0 saturated carbocycles. The van der Waals surface area contributed by atoms with Crippen molar-refractivity contribution in [2.75, 3.05) is 0 Å². The molecule has 0 unspecified atom stereocenters. The van der Waals surface area contributed by atoms with Crippen LogP contribution in [-0.4, -0.2) is 6.29 Å². The first-order chi connectivity index (χ1) is 4.62. The lowest BCUT2D eigenvalue weighted by atomic mass is 9.97. The second kappa shape index (κ2) is 4.11. The van der Waals surface area contributed by atoms with E-state index in [1.165, 1.54) is 0 Å². The van der Waals surface area contributed by atoms with Crippen LogP contribution in [0.3, 0.4) is 0 Å². The third-order valence-electron chi connectivity index (χ3n) is 1.08. The molecule has 0 aromatic rings. The standard InChI is InChI=1S/C9H14O/c1-4-5-6-7-9(2,3)8-10/h8H,4-5H2,1-3H3. The Hall–Kier alpha value is -0.770. The van der Waals surface area contributed by atoms with Crippen molar-refractivity contribution in [2.24, 2.45) is 5.41 Å². The Morgan fingerprint density at radius 2 is 2.10 bits per heavy atom. The second-order valence-corrected chi connectivity index (χ2v) is 2.89. The quantitative estimate of drug-likeness (QED) is 0.421. The summed E-state index contributed by atoms with van der Waals surface area (Å²) in [7, 11) is 0. The van der Waals surface area contributed by atoms with E-state index in [0.717, 1.165) is 19.1 Å². The van der Waals surface area contributed by atoms with Crippen LogP contribution in [0.4, 0.5) is 0 Å². The molecule has 10 heavy (non-hydrogen) atoms. The maximum Gasteiger partial charge on any atom is 0.137 e. The monoisotopic (exact) mass is 138 g/mol. The van der Waals surface area contributed by atoms with Crippen LogP contribution in [0.1, 0.15) is 33.6 Å². The number of aldehydes is 1. The van der Waals surface area contributed by atoms with Gasteiger partial charge >= 0.3 is 0 Å². The fourth-order valence-electron chi connectivity index (χ4n) is 0.445. The minimum atomic E-state index is -0.449. The Labute approximate surface area is 62.8 Å². The van der Waals surface area contributed by atoms with Gasteiger partial charge in [0, 0.05) is 6.42 Å². The van der Waals surface area contributed by atoms with E-state index >= 15 is 0 Å². The second-order valence-electron chi connectivity index (χ2n) is 2.89. The van der Waals surface area contributed by atoms with Gasteiger partial charge in [-0.2, -0.15) is 0 Å². The molecular weight excluding hydrogens is 124 g/mol. The van der Waals surface area contributed by atoms with Crippen LogP contribution in [0, 0.1) is 17.3 Å². The first-order valence-corrected chi connectivity index (χ1v) is 3.59. The van der Waals surface area contributed by atoms with Crippen molar-refractivity contribution in [2.45, 2.75) is 33.6 Å². The maximum atomic E-state index is 10.3. The van der Waals surface area contributed by atoms with Gasteiger partial charge in [0.1, 0.15) is 6.29 Å². The number of carbonyl (C=O) groups excluding carboxylic acids is 1. The van der Waals surface area contributed by atoms with Crippen molar-refractivity contribution >= 4 is 6.29 Å². The lowest BCUT2D eigenvalue weighted by molar-refractivity contribution is -0.112. The molecule has 0 aromatic carbocycles. The Morgan fingerprint density at radius 1 is 1.50 bits per heavy atom. The van der Waals surface area contributed by atoms with Gasteiger partial charge in [-0.25, -0.2) is 0 Å². The average Bonchev–Trinajstić information content (AvgIpc) is 1.89. The van der Waals surface area contributed by atoms with Gasteiger partial charge in [-0.1, -0.05) is 12.8 Å². The summed E-state index contributed by atoms with van der Waals surface area (Å²) in [6.45, 7) is 5.72. The highest BCUT2D eigenvalue weighted by atomic mass is 16.1. The molecule has 0 aliphatic carbocycles. The van der Waals surface area contributed by atoms with E-state index in [2.05, 4.69) is 18.8 Å². The zero-order valence-electron chi connectivity index (χ0n) is 6.90. The molecule has 0 radical (unpaired) electrons. The van der Waals surface area contributed by atoms with Gasteiger partial charge in [0.15, 0.2) is 0 Å². The third-order valence-corrected chi connectivity index (χ3v) is 1.08. The number of unbranched alkanes of at least 4 members (excludes halogenated alkanes) is 1. The largest absolute Gasteiger partial charge is 0.302 e. The average molecular weight is 138 g/mol. The fraction of sp³-hybridized carbons (Fsp3) is 0.667. The Kier molecular flexibility index (Phi) is 3.79. The Balaban J connectivity index is 3.88. The Morgan fingerprint density at radius 3 is 2.50 bits per heavy atom. The molecule has 0 N–H and O–H groups in total. The number of hydrogen-bond acceptors (Lipinski definition) is 1. The molecule has 0 fully saturated rings. The zero-order valence-corrected chi connectivity index (χ0v) is 6.90. The normalized spacial score (nSPS) is 9.90.